The number of anilines is 1. The van der Waals surface area contributed by atoms with Crippen LogP contribution in [0.2, 0.25) is 4.34 Å². The molecule has 0 aliphatic carbocycles. The van der Waals surface area contributed by atoms with Crippen molar-refractivity contribution in [3.63, 3.8) is 0 Å². The molecule has 2 heterocycles. The third-order valence-corrected chi connectivity index (χ3v) is 4.70. The van der Waals surface area contributed by atoms with Gasteiger partial charge in [0.2, 0.25) is 0 Å². The maximum atomic E-state index is 12.1. The first-order valence-corrected chi connectivity index (χ1v) is 7.52. The fraction of sp³-hybridized carbons (Fsp3) is 0.267. The number of carbonyl (C=O) groups is 1. The van der Waals surface area contributed by atoms with Gasteiger partial charge in [0.25, 0.3) is 0 Å². The topological polar surface area (TPSA) is 20.3 Å². The van der Waals surface area contributed by atoms with E-state index in [4.69, 9.17) is 11.6 Å². The van der Waals surface area contributed by atoms with E-state index in [1.54, 1.807) is 0 Å². The lowest BCUT2D eigenvalue weighted by molar-refractivity contribution is -0.126. The van der Waals surface area contributed by atoms with E-state index >= 15 is 0 Å². The van der Waals surface area contributed by atoms with Crippen LogP contribution in [0, 0.1) is 0 Å². The summed E-state index contributed by atoms with van der Waals surface area (Å²) in [6, 6.07) is 12.0. The number of benzene rings is 1. The molecular weight excluding hydrogens is 278 g/mol. The highest BCUT2D eigenvalue weighted by atomic mass is 35.5. The minimum Gasteiger partial charge on any atom is -0.350 e. The molecule has 98 valence electrons. The highest BCUT2D eigenvalue weighted by molar-refractivity contribution is 7.14. The highest BCUT2D eigenvalue weighted by Gasteiger charge is 2.44. The predicted octanol–water partition coefficient (Wildman–Crippen LogP) is 3.79. The number of carbonyl (C=O) groups excluding carboxylic acids is 1. The number of thiophene rings is 1. The maximum absolute atomic E-state index is 12.1. The van der Waals surface area contributed by atoms with Crippen molar-refractivity contribution in [2.75, 3.05) is 4.90 Å². The average molecular weight is 292 g/mol. The van der Waals surface area contributed by atoms with Crippen molar-refractivity contribution >= 4 is 34.4 Å². The van der Waals surface area contributed by atoms with Gasteiger partial charge >= 0.3 is 0 Å². The van der Waals surface area contributed by atoms with Gasteiger partial charge in [0, 0.05) is 5.38 Å². The molecule has 0 N–H and O–H groups in total. The first-order valence-electron chi connectivity index (χ1n) is 6.27. The summed E-state index contributed by atoms with van der Waals surface area (Å²) in [5, 5.41) is 2.02. The minimum atomic E-state index is -0.0527. The fourth-order valence-corrected chi connectivity index (χ4v) is 3.47. The first kappa shape index (κ1) is 12.7. The van der Waals surface area contributed by atoms with E-state index in [2.05, 4.69) is 17.0 Å². The van der Waals surface area contributed by atoms with Gasteiger partial charge in [-0.3, -0.25) is 4.79 Å². The van der Waals surface area contributed by atoms with Crippen molar-refractivity contribution in [2.45, 2.75) is 25.4 Å². The summed E-state index contributed by atoms with van der Waals surface area (Å²) >= 11 is 7.49. The Labute approximate surface area is 121 Å². The Morgan fingerprint density at radius 2 is 2.05 bits per heavy atom. The highest BCUT2D eigenvalue weighted by Crippen LogP contribution is 2.36. The Morgan fingerprint density at radius 1 is 1.32 bits per heavy atom. The summed E-state index contributed by atoms with van der Waals surface area (Å²) in [5.74, 6) is 0.311. The van der Waals surface area contributed by atoms with Crippen LogP contribution in [0.5, 0.6) is 0 Å². The summed E-state index contributed by atoms with van der Waals surface area (Å²) in [5.41, 5.74) is 2.25. The second kappa shape index (κ2) is 4.99. The molecule has 0 bridgehead atoms. The lowest BCUT2D eigenvalue weighted by Gasteiger charge is -2.46. The van der Waals surface area contributed by atoms with Crippen LogP contribution in [0.25, 0.3) is 0 Å². The van der Waals surface area contributed by atoms with Crippen molar-refractivity contribution in [1.82, 2.24) is 0 Å². The fourth-order valence-electron chi connectivity index (χ4n) is 2.62. The van der Waals surface area contributed by atoms with E-state index < -0.39 is 0 Å². The van der Waals surface area contributed by atoms with E-state index in [1.807, 2.05) is 36.6 Å². The van der Waals surface area contributed by atoms with Gasteiger partial charge in [0.15, 0.2) is 5.78 Å². The second-order valence-electron chi connectivity index (χ2n) is 4.80. The van der Waals surface area contributed by atoms with E-state index in [0.717, 1.165) is 16.4 Å². The molecule has 1 aliphatic rings. The van der Waals surface area contributed by atoms with Gasteiger partial charge in [0.1, 0.15) is 0 Å². The average Bonchev–Trinajstić information content (AvgIpc) is 2.85. The van der Waals surface area contributed by atoms with Crippen molar-refractivity contribution in [3.05, 3.63) is 51.7 Å². The van der Waals surface area contributed by atoms with E-state index in [0.29, 0.717) is 5.78 Å². The lowest BCUT2D eigenvalue weighted by Crippen LogP contribution is -2.64. The Hall–Kier alpha value is -1.32. The van der Waals surface area contributed by atoms with Gasteiger partial charge in [-0.05, 0) is 25.0 Å². The molecule has 4 heteroatoms. The van der Waals surface area contributed by atoms with Gasteiger partial charge in [-0.2, -0.15) is 0 Å². The van der Waals surface area contributed by atoms with Crippen LogP contribution < -0.4 is 4.90 Å². The molecule has 2 atom stereocenters. The van der Waals surface area contributed by atoms with E-state index in [9.17, 15) is 4.79 Å². The smallest absolute Gasteiger partial charge is 0.177 e. The van der Waals surface area contributed by atoms with Crippen LogP contribution >= 0.6 is 22.9 Å². The van der Waals surface area contributed by atoms with Crippen LogP contribution in [-0.2, 0) is 11.2 Å². The number of rotatable bonds is 3. The molecule has 0 saturated carbocycles. The summed E-state index contributed by atoms with van der Waals surface area (Å²) < 4.78 is 0.764. The number of Topliss-reactive ketones (excluding diaryl/α,β-unsaturated/α-hetero) is 1. The predicted molar refractivity (Wildman–Crippen MR) is 80.2 cm³/mol. The number of hydrogen-bond donors (Lipinski definition) is 0. The zero-order chi connectivity index (χ0) is 13.4. The van der Waals surface area contributed by atoms with Crippen LogP contribution in [0.3, 0.4) is 0 Å². The molecule has 1 unspecified atom stereocenters. The molecule has 0 amide bonds. The number of hydrogen-bond acceptors (Lipinski definition) is 3. The Bertz CT molecular complexity index is 595. The van der Waals surface area contributed by atoms with Gasteiger partial charge < -0.3 is 4.90 Å². The summed E-state index contributed by atoms with van der Waals surface area (Å²) in [6.45, 7) is 1.95. The van der Waals surface area contributed by atoms with Crippen LogP contribution in [0.1, 0.15) is 12.5 Å². The van der Waals surface area contributed by atoms with Crippen molar-refractivity contribution < 1.29 is 4.79 Å². The number of halogens is 1. The Morgan fingerprint density at radius 3 is 2.68 bits per heavy atom. The molecule has 3 rings (SSSR count). The van der Waals surface area contributed by atoms with Gasteiger partial charge in [-0.15, -0.1) is 11.3 Å². The largest absolute Gasteiger partial charge is 0.350 e. The standard InChI is InChI=1S/C15H14ClNOS/c1-10-15(18)13(7-11-5-3-2-4-6-11)17(10)12-8-14(16)19-9-12/h2-6,8-10,13H,7H2,1H3/t10?,13-/m0/s1. The molecular formula is C15H14ClNOS. The zero-order valence-corrected chi connectivity index (χ0v) is 12.1. The molecule has 1 aliphatic heterocycles. The van der Waals surface area contributed by atoms with Gasteiger partial charge in [-0.1, -0.05) is 41.9 Å². The van der Waals surface area contributed by atoms with Crippen LogP contribution in [-0.4, -0.2) is 17.9 Å². The maximum Gasteiger partial charge on any atom is 0.177 e. The van der Waals surface area contributed by atoms with Crippen LogP contribution in [0.15, 0.2) is 41.8 Å². The van der Waals surface area contributed by atoms with Crippen molar-refractivity contribution in [1.29, 1.82) is 0 Å². The molecule has 0 spiro atoms. The molecule has 1 aromatic heterocycles. The van der Waals surface area contributed by atoms with Crippen molar-refractivity contribution in [2.24, 2.45) is 0 Å². The Kier molecular flexibility index (Phi) is 3.33. The monoisotopic (exact) mass is 291 g/mol. The van der Waals surface area contributed by atoms with Crippen molar-refractivity contribution in [3.8, 4) is 0 Å². The molecule has 1 saturated heterocycles. The first-order chi connectivity index (χ1) is 9.16. The third-order valence-electron chi connectivity index (χ3n) is 3.62. The summed E-state index contributed by atoms with van der Waals surface area (Å²) in [4.78, 5) is 14.2. The van der Waals surface area contributed by atoms with Gasteiger partial charge in [0.05, 0.1) is 22.1 Å². The SMILES string of the molecule is CC1C(=O)[C@H](Cc2ccccc2)N1c1csc(Cl)c1. The van der Waals surface area contributed by atoms with Gasteiger partial charge in [-0.25, -0.2) is 0 Å². The van der Waals surface area contributed by atoms with Crippen LogP contribution in [0.4, 0.5) is 5.69 Å². The van der Waals surface area contributed by atoms with E-state index in [1.165, 1.54) is 16.9 Å². The quantitative estimate of drug-likeness (QED) is 0.857. The summed E-state index contributed by atoms with van der Waals surface area (Å²) in [7, 11) is 0. The number of ketones is 1. The lowest BCUT2D eigenvalue weighted by atomic mass is 9.87. The number of nitrogens with zero attached hydrogens (tertiary/aromatic N) is 1. The third kappa shape index (κ3) is 2.28. The molecule has 2 aromatic rings. The second-order valence-corrected chi connectivity index (χ2v) is 6.34. The Balaban J connectivity index is 1.82. The minimum absolute atomic E-state index is 0.0422. The molecule has 1 aromatic carbocycles. The zero-order valence-electron chi connectivity index (χ0n) is 10.5. The van der Waals surface area contributed by atoms with E-state index in [-0.39, 0.29) is 12.1 Å². The molecule has 0 radical (unpaired) electrons. The molecule has 1 fully saturated rings. The molecule has 19 heavy (non-hydrogen) atoms. The normalized spacial score (nSPS) is 22.4. The summed E-state index contributed by atoms with van der Waals surface area (Å²) in [6.07, 6.45) is 0.761. The molecule has 2 nitrogen and oxygen atoms in total.